The summed E-state index contributed by atoms with van der Waals surface area (Å²) in [6.07, 6.45) is -4.63. The fraction of sp³-hybridized carbons (Fsp3) is 0.462. The van der Waals surface area contributed by atoms with Gasteiger partial charge in [0.05, 0.1) is 24.9 Å². The van der Waals surface area contributed by atoms with E-state index in [0.717, 1.165) is 13.2 Å². The van der Waals surface area contributed by atoms with Gasteiger partial charge in [-0.05, 0) is 12.1 Å². The molecule has 1 aliphatic heterocycles. The highest BCUT2D eigenvalue weighted by atomic mass is 19.4. The lowest BCUT2D eigenvalue weighted by atomic mass is 10.1. The van der Waals surface area contributed by atoms with Gasteiger partial charge in [-0.3, -0.25) is 0 Å². The molecule has 1 aromatic rings. The zero-order valence-corrected chi connectivity index (χ0v) is 12.0. The second-order valence-electron chi connectivity index (χ2n) is 4.81. The molecule has 0 saturated carbocycles. The molecule has 0 bridgehead atoms. The zero-order chi connectivity index (χ0) is 16.5. The maximum atomic E-state index is 12.8. The Labute approximate surface area is 124 Å². The quantitative estimate of drug-likeness (QED) is 0.797. The van der Waals surface area contributed by atoms with E-state index in [4.69, 9.17) is 0 Å². The van der Waals surface area contributed by atoms with Crippen LogP contribution in [0.5, 0.6) is 0 Å². The number of alkyl halides is 3. The monoisotopic (exact) mass is 317 g/mol. The fourth-order valence-corrected chi connectivity index (χ4v) is 2.11. The highest BCUT2D eigenvalue weighted by Gasteiger charge is 2.34. The number of urea groups is 1. The van der Waals surface area contributed by atoms with E-state index < -0.39 is 17.8 Å². The van der Waals surface area contributed by atoms with Gasteiger partial charge in [0.2, 0.25) is 0 Å². The van der Waals surface area contributed by atoms with Crippen LogP contribution < -0.4 is 0 Å². The van der Waals surface area contributed by atoms with Crippen LogP contribution in [0.4, 0.5) is 18.0 Å². The van der Waals surface area contributed by atoms with Gasteiger partial charge in [0.1, 0.15) is 5.69 Å². The summed E-state index contributed by atoms with van der Waals surface area (Å²) < 4.78 is 42.8. The number of nitrogens with zero attached hydrogens (tertiary/aromatic N) is 3. The number of methoxy groups -OCH3 is 1. The van der Waals surface area contributed by atoms with E-state index in [1.807, 2.05) is 0 Å². The molecule has 9 heteroatoms. The highest BCUT2D eigenvalue weighted by Crippen LogP contribution is 2.29. The Hall–Kier alpha value is -2.32. The summed E-state index contributed by atoms with van der Waals surface area (Å²) >= 11 is 0. The number of hydrogen-bond donors (Lipinski definition) is 0. The maximum Gasteiger partial charge on any atom is 0.433 e. The molecule has 120 valence electrons. The topological polar surface area (TPSA) is 62.7 Å². The second kappa shape index (κ2) is 5.82. The lowest BCUT2D eigenvalue weighted by molar-refractivity contribution is -0.141. The summed E-state index contributed by atoms with van der Waals surface area (Å²) in [5.74, 6) is -0.795. The number of aromatic nitrogens is 1. The third-order valence-corrected chi connectivity index (χ3v) is 3.31. The number of rotatable bonds is 3. The third kappa shape index (κ3) is 3.12. The van der Waals surface area contributed by atoms with Gasteiger partial charge in [-0.15, -0.1) is 0 Å². The Morgan fingerprint density at radius 2 is 2.05 bits per heavy atom. The number of carbonyl (C=O) groups is 2. The van der Waals surface area contributed by atoms with Crippen molar-refractivity contribution in [1.29, 1.82) is 0 Å². The molecule has 1 aliphatic rings. The molecule has 0 aromatic carbocycles. The van der Waals surface area contributed by atoms with Crippen LogP contribution in [0.2, 0.25) is 0 Å². The molecule has 0 unspecified atom stereocenters. The van der Waals surface area contributed by atoms with Crippen LogP contribution in [0, 0.1) is 0 Å². The number of halogens is 3. The molecule has 0 N–H and O–H groups in total. The first kappa shape index (κ1) is 16.1. The van der Waals surface area contributed by atoms with E-state index in [-0.39, 0.29) is 23.8 Å². The Morgan fingerprint density at radius 3 is 2.55 bits per heavy atom. The minimum atomic E-state index is -4.63. The summed E-state index contributed by atoms with van der Waals surface area (Å²) in [4.78, 5) is 29.7. The van der Waals surface area contributed by atoms with Crippen molar-refractivity contribution < 1.29 is 27.5 Å². The largest absolute Gasteiger partial charge is 0.465 e. The number of hydrogen-bond acceptors (Lipinski definition) is 4. The Kier molecular flexibility index (Phi) is 4.25. The molecule has 2 amide bonds. The summed E-state index contributed by atoms with van der Waals surface area (Å²) in [6, 6.07) is 1.41. The van der Waals surface area contributed by atoms with Crippen LogP contribution in [0.25, 0.3) is 0 Å². The highest BCUT2D eigenvalue weighted by molar-refractivity contribution is 5.90. The third-order valence-electron chi connectivity index (χ3n) is 3.31. The normalized spacial score (nSPS) is 15.4. The van der Waals surface area contributed by atoms with Crippen LogP contribution in [-0.2, 0) is 17.5 Å². The minimum absolute atomic E-state index is 0.0853. The number of esters is 1. The predicted octanol–water partition coefficient (Wildman–Crippen LogP) is 1.75. The van der Waals surface area contributed by atoms with Crippen molar-refractivity contribution in [2.24, 2.45) is 0 Å². The fourth-order valence-electron chi connectivity index (χ4n) is 2.11. The summed E-state index contributed by atoms with van der Waals surface area (Å²) in [5.41, 5.74) is -1.33. The van der Waals surface area contributed by atoms with Gasteiger partial charge >= 0.3 is 18.2 Å². The van der Waals surface area contributed by atoms with Crippen LogP contribution in [0.15, 0.2) is 12.1 Å². The standard InChI is InChI=1S/C13H14F3N3O3/c1-18-5-6-19(12(18)21)7-9-8(11(20)22-2)3-4-10(17-9)13(14,15)16/h3-4H,5-7H2,1-2H3. The summed E-state index contributed by atoms with van der Waals surface area (Å²) in [7, 11) is 2.71. The molecule has 22 heavy (non-hydrogen) atoms. The molecular formula is C13H14F3N3O3. The zero-order valence-electron chi connectivity index (χ0n) is 12.0. The molecule has 1 saturated heterocycles. The number of likely N-dealkylation sites (N-methyl/N-ethyl adjacent to an activating group) is 1. The first-order valence-electron chi connectivity index (χ1n) is 6.39. The smallest absolute Gasteiger partial charge is 0.433 e. The van der Waals surface area contributed by atoms with E-state index in [0.29, 0.717) is 19.2 Å². The molecule has 0 atom stereocenters. The van der Waals surface area contributed by atoms with Gasteiger partial charge in [-0.1, -0.05) is 0 Å². The molecule has 1 fully saturated rings. The Bertz CT molecular complexity index is 604. The summed E-state index contributed by atoms with van der Waals surface area (Å²) in [6.45, 7) is 0.636. The Morgan fingerprint density at radius 1 is 1.36 bits per heavy atom. The predicted molar refractivity (Wildman–Crippen MR) is 69.0 cm³/mol. The van der Waals surface area contributed by atoms with E-state index in [2.05, 4.69) is 9.72 Å². The average Bonchev–Trinajstić information content (AvgIpc) is 2.77. The van der Waals surface area contributed by atoms with Gasteiger partial charge in [-0.2, -0.15) is 13.2 Å². The number of amides is 2. The van der Waals surface area contributed by atoms with E-state index in [1.165, 1.54) is 9.80 Å². The number of carbonyl (C=O) groups excluding carboxylic acids is 2. The van der Waals surface area contributed by atoms with Gasteiger partial charge < -0.3 is 14.5 Å². The first-order valence-corrected chi connectivity index (χ1v) is 6.39. The average molecular weight is 317 g/mol. The van der Waals surface area contributed by atoms with Crippen molar-refractivity contribution in [3.05, 3.63) is 29.1 Å². The van der Waals surface area contributed by atoms with Crippen molar-refractivity contribution in [2.75, 3.05) is 27.2 Å². The van der Waals surface area contributed by atoms with Gasteiger partial charge in [0, 0.05) is 20.1 Å². The van der Waals surface area contributed by atoms with Crippen LogP contribution in [0.1, 0.15) is 21.7 Å². The van der Waals surface area contributed by atoms with Gasteiger partial charge in [-0.25, -0.2) is 14.6 Å². The molecule has 0 spiro atoms. The SMILES string of the molecule is COC(=O)c1ccc(C(F)(F)F)nc1CN1CCN(C)C1=O. The maximum absolute atomic E-state index is 12.8. The van der Waals surface area contributed by atoms with Crippen LogP contribution in [-0.4, -0.2) is 54.0 Å². The number of ether oxygens (including phenoxy) is 1. The molecule has 1 aromatic heterocycles. The second-order valence-corrected chi connectivity index (χ2v) is 4.81. The molecule has 0 aliphatic carbocycles. The van der Waals surface area contributed by atoms with Crippen molar-refractivity contribution >= 4 is 12.0 Å². The van der Waals surface area contributed by atoms with Crippen molar-refractivity contribution in [3.8, 4) is 0 Å². The molecule has 2 rings (SSSR count). The van der Waals surface area contributed by atoms with E-state index >= 15 is 0 Å². The van der Waals surface area contributed by atoms with Crippen molar-refractivity contribution in [3.63, 3.8) is 0 Å². The van der Waals surface area contributed by atoms with E-state index in [9.17, 15) is 22.8 Å². The van der Waals surface area contributed by atoms with Gasteiger partial charge in [0.15, 0.2) is 0 Å². The minimum Gasteiger partial charge on any atom is -0.465 e. The molecule has 6 nitrogen and oxygen atoms in total. The molecule has 0 radical (unpaired) electrons. The summed E-state index contributed by atoms with van der Waals surface area (Å²) in [5, 5.41) is 0. The van der Waals surface area contributed by atoms with Crippen LogP contribution >= 0.6 is 0 Å². The molecular weight excluding hydrogens is 303 g/mol. The molecule has 2 heterocycles. The first-order chi connectivity index (χ1) is 10.2. The Balaban J connectivity index is 2.37. The van der Waals surface area contributed by atoms with Crippen molar-refractivity contribution in [2.45, 2.75) is 12.7 Å². The number of pyridine rings is 1. The lowest BCUT2D eigenvalue weighted by Gasteiger charge is -2.18. The van der Waals surface area contributed by atoms with Crippen molar-refractivity contribution in [1.82, 2.24) is 14.8 Å². The van der Waals surface area contributed by atoms with E-state index in [1.54, 1.807) is 7.05 Å². The van der Waals surface area contributed by atoms with Gasteiger partial charge in [0.25, 0.3) is 0 Å². The van der Waals surface area contributed by atoms with Crippen LogP contribution in [0.3, 0.4) is 0 Å². The lowest BCUT2D eigenvalue weighted by Crippen LogP contribution is -2.30.